The number of halogens is 1. The summed E-state index contributed by atoms with van der Waals surface area (Å²) in [5.74, 6) is -0.0160. The number of likely N-dealkylation sites (N-methyl/N-ethyl adjacent to an activating group) is 1. The molecule has 0 aliphatic rings. The van der Waals surface area contributed by atoms with Gasteiger partial charge < -0.3 is 9.84 Å². The zero-order valence-corrected chi connectivity index (χ0v) is 12.2. The van der Waals surface area contributed by atoms with Crippen LogP contribution in [0.5, 0.6) is 5.75 Å². The third-order valence-electron chi connectivity index (χ3n) is 2.77. The zero-order valence-electron chi connectivity index (χ0n) is 10.6. The Hall–Kier alpha value is -1.07. The smallest absolute Gasteiger partial charge is 0.320 e. The molecule has 4 nitrogen and oxygen atoms in total. The number of ether oxygens (including phenoxy) is 1. The molecule has 0 radical (unpaired) electrons. The molecule has 18 heavy (non-hydrogen) atoms. The molecule has 1 aromatic carbocycles. The first-order chi connectivity index (χ1) is 8.54. The van der Waals surface area contributed by atoms with Crippen molar-refractivity contribution in [2.45, 2.75) is 19.9 Å². The fraction of sp³-hybridized carbons (Fsp3) is 0.462. The van der Waals surface area contributed by atoms with Gasteiger partial charge in [-0.05, 0) is 37.7 Å². The number of carboxylic acids is 1. The minimum Gasteiger partial charge on any atom is -0.492 e. The van der Waals surface area contributed by atoms with Crippen LogP contribution in [-0.2, 0) is 4.79 Å². The first-order valence-corrected chi connectivity index (χ1v) is 6.69. The van der Waals surface area contributed by atoms with Crippen molar-refractivity contribution in [3.63, 3.8) is 0 Å². The number of carboxylic acid groups (broad SMARTS) is 1. The first-order valence-electron chi connectivity index (χ1n) is 5.89. The Balaban J connectivity index is 2.40. The molecule has 100 valence electrons. The Morgan fingerprint density at radius 2 is 2.06 bits per heavy atom. The largest absolute Gasteiger partial charge is 0.492 e. The molecular formula is C13H18BrNO3. The minimum atomic E-state index is -0.805. The quantitative estimate of drug-likeness (QED) is 0.840. The molecule has 0 heterocycles. The van der Waals surface area contributed by atoms with Crippen molar-refractivity contribution in [3.05, 3.63) is 28.7 Å². The van der Waals surface area contributed by atoms with Gasteiger partial charge in [-0.25, -0.2) is 0 Å². The third-order valence-corrected chi connectivity index (χ3v) is 3.30. The van der Waals surface area contributed by atoms with Gasteiger partial charge in [0.15, 0.2) is 0 Å². The summed E-state index contributed by atoms with van der Waals surface area (Å²) in [5.41, 5.74) is 0. The van der Waals surface area contributed by atoms with Crippen molar-refractivity contribution in [1.29, 1.82) is 0 Å². The molecule has 1 N–H and O–H groups in total. The van der Waals surface area contributed by atoms with Gasteiger partial charge in [-0.1, -0.05) is 22.9 Å². The Kier molecular flexibility index (Phi) is 6.15. The maximum atomic E-state index is 10.9. The lowest BCUT2D eigenvalue weighted by molar-refractivity contribution is -0.142. The molecule has 0 aliphatic carbocycles. The van der Waals surface area contributed by atoms with Gasteiger partial charge in [-0.3, -0.25) is 9.69 Å². The van der Waals surface area contributed by atoms with Crippen LogP contribution in [0.1, 0.15) is 13.8 Å². The molecule has 0 amide bonds. The molecule has 0 aromatic heterocycles. The van der Waals surface area contributed by atoms with Crippen molar-refractivity contribution in [2.24, 2.45) is 0 Å². The van der Waals surface area contributed by atoms with Crippen LogP contribution >= 0.6 is 15.9 Å². The van der Waals surface area contributed by atoms with Gasteiger partial charge >= 0.3 is 5.97 Å². The highest BCUT2D eigenvalue weighted by Gasteiger charge is 2.18. The highest BCUT2D eigenvalue weighted by molar-refractivity contribution is 9.10. The van der Waals surface area contributed by atoms with Crippen molar-refractivity contribution >= 4 is 21.9 Å². The van der Waals surface area contributed by atoms with Crippen LogP contribution in [0.3, 0.4) is 0 Å². The third kappa shape index (κ3) is 4.66. The lowest BCUT2D eigenvalue weighted by Gasteiger charge is -2.24. The van der Waals surface area contributed by atoms with Gasteiger partial charge in [0.1, 0.15) is 18.4 Å². The summed E-state index contributed by atoms with van der Waals surface area (Å²) < 4.78 is 6.57. The van der Waals surface area contributed by atoms with Gasteiger partial charge in [0.05, 0.1) is 0 Å². The van der Waals surface area contributed by atoms with Crippen LogP contribution in [0.4, 0.5) is 0 Å². The average molecular weight is 316 g/mol. The molecule has 0 fully saturated rings. The van der Waals surface area contributed by atoms with E-state index in [4.69, 9.17) is 9.84 Å². The predicted molar refractivity (Wildman–Crippen MR) is 74.0 cm³/mol. The van der Waals surface area contributed by atoms with Crippen molar-refractivity contribution in [2.75, 3.05) is 19.7 Å². The number of rotatable bonds is 7. The monoisotopic (exact) mass is 315 g/mol. The van der Waals surface area contributed by atoms with Crippen LogP contribution in [0.25, 0.3) is 0 Å². The number of nitrogens with zero attached hydrogens (tertiary/aromatic N) is 1. The summed E-state index contributed by atoms with van der Waals surface area (Å²) in [6.45, 7) is 5.40. The van der Waals surface area contributed by atoms with Gasteiger partial charge in [-0.15, -0.1) is 0 Å². The van der Waals surface area contributed by atoms with E-state index in [1.54, 1.807) is 6.92 Å². The second-order valence-electron chi connectivity index (χ2n) is 3.95. The maximum absolute atomic E-state index is 10.9. The van der Waals surface area contributed by atoms with Crippen LogP contribution in [-0.4, -0.2) is 41.7 Å². The molecule has 1 rings (SSSR count). The second-order valence-corrected chi connectivity index (χ2v) is 4.86. The fourth-order valence-corrected chi connectivity index (χ4v) is 1.86. The maximum Gasteiger partial charge on any atom is 0.320 e. The van der Waals surface area contributed by atoms with Crippen molar-refractivity contribution in [3.8, 4) is 5.75 Å². The Bertz CT molecular complexity index is 380. The predicted octanol–water partition coefficient (Wildman–Crippen LogP) is 2.62. The van der Waals surface area contributed by atoms with E-state index in [0.29, 0.717) is 19.7 Å². The molecular weight excluding hydrogens is 298 g/mol. The summed E-state index contributed by atoms with van der Waals surface area (Å²) in [6.07, 6.45) is 0. The van der Waals surface area contributed by atoms with E-state index in [9.17, 15) is 4.79 Å². The molecule has 0 saturated carbocycles. The van der Waals surface area contributed by atoms with Gasteiger partial charge in [0, 0.05) is 11.0 Å². The topological polar surface area (TPSA) is 49.8 Å². The molecule has 0 bridgehead atoms. The molecule has 0 unspecified atom stereocenters. The van der Waals surface area contributed by atoms with Gasteiger partial charge in [0.25, 0.3) is 0 Å². The highest BCUT2D eigenvalue weighted by Crippen LogP contribution is 2.16. The molecule has 0 spiro atoms. The summed E-state index contributed by atoms with van der Waals surface area (Å²) >= 11 is 3.35. The molecule has 1 atom stereocenters. The summed E-state index contributed by atoms with van der Waals surface area (Å²) in [4.78, 5) is 12.7. The van der Waals surface area contributed by atoms with Crippen molar-refractivity contribution < 1.29 is 14.6 Å². The number of hydrogen-bond donors (Lipinski definition) is 1. The normalized spacial score (nSPS) is 12.4. The minimum absolute atomic E-state index is 0.479. The van der Waals surface area contributed by atoms with Crippen LogP contribution < -0.4 is 4.74 Å². The number of hydrogen-bond acceptors (Lipinski definition) is 3. The molecule has 0 aliphatic heterocycles. The van der Waals surface area contributed by atoms with E-state index in [-0.39, 0.29) is 0 Å². The standard InChI is InChI=1S/C13H18BrNO3/c1-3-15(10(2)13(16)17)8-9-18-12-6-4-11(14)5-7-12/h4-7,10H,3,8-9H2,1-2H3,(H,16,17)/t10-/m0/s1. The molecule has 1 aromatic rings. The average Bonchev–Trinajstić information content (AvgIpc) is 2.36. The summed E-state index contributed by atoms with van der Waals surface area (Å²) in [7, 11) is 0. The van der Waals surface area contributed by atoms with Gasteiger partial charge in [0.2, 0.25) is 0 Å². The van der Waals surface area contributed by atoms with E-state index in [1.807, 2.05) is 36.1 Å². The fourth-order valence-electron chi connectivity index (χ4n) is 1.59. The Morgan fingerprint density at radius 3 is 2.56 bits per heavy atom. The summed E-state index contributed by atoms with van der Waals surface area (Å²) in [5, 5.41) is 8.94. The Morgan fingerprint density at radius 1 is 1.44 bits per heavy atom. The lowest BCUT2D eigenvalue weighted by atomic mass is 10.3. The zero-order chi connectivity index (χ0) is 13.5. The first kappa shape index (κ1) is 15.0. The van der Waals surface area contributed by atoms with E-state index in [0.717, 1.165) is 10.2 Å². The van der Waals surface area contributed by atoms with E-state index in [2.05, 4.69) is 15.9 Å². The number of aliphatic carboxylic acids is 1. The lowest BCUT2D eigenvalue weighted by Crippen LogP contribution is -2.41. The van der Waals surface area contributed by atoms with Crippen LogP contribution in [0.15, 0.2) is 28.7 Å². The van der Waals surface area contributed by atoms with E-state index in [1.165, 1.54) is 0 Å². The van der Waals surface area contributed by atoms with Gasteiger partial charge in [-0.2, -0.15) is 0 Å². The van der Waals surface area contributed by atoms with E-state index < -0.39 is 12.0 Å². The molecule has 5 heteroatoms. The van der Waals surface area contributed by atoms with Crippen LogP contribution in [0.2, 0.25) is 0 Å². The van der Waals surface area contributed by atoms with E-state index >= 15 is 0 Å². The Labute approximate surface area is 116 Å². The second kappa shape index (κ2) is 7.38. The molecule has 0 saturated heterocycles. The van der Waals surface area contributed by atoms with Crippen LogP contribution in [0, 0.1) is 0 Å². The SMILES string of the molecule is CCN(CCOc1ccc(Br)cc1)[C@@H](C)C(=O)O. The summed E-state index contributed by atoms with van der Waals surface area (Å²) in [6, 6.07) is 7.09. The highest BCUT2D eigenvalue weighted by atomic mass is 79.9. The van der Waals surface area contributed by atoms with Crippen molar-refractivity contribution in [1.82, 2.24) is 4.90 Å². The number of benzene rings is 1. The number of carbonyl (C=O) groups is 1.